The zero-order valence-electron chi connectivity index (χ0n) is 15.8. The van der Waals surface area contributed by atoms with Gasteiger partial charge in [0.15, 0.2) is 0 Å². The maximum Gasteiger partial charge on any atom is 0.138 e. The van der Waals surface area contributed by atoms with Crippen molar-refractivity contribution in [3.8, 4) is 5.75 Å². The average Bonchev–Trinajstić information content (AvgIpc) is 3.53. The van der Waals surface area contributed by atoms with Crippen LogP contribution < -0.4 is 4.74 Å². The molecular weight excluding hydrogens is 376 g/mol. The van der Waals surface area contributed by atoms with Gasteiger partial charge in [-0.3, -0.25) is 4.79 Å². The van der Waals surface area contributed by atoms with E-state index in [4.69, 9.17) is 21.1 Å². The van der Waals surface area contributed by atoms with Gasteiger partial charge in [-0.2, -0.15) is 0 Å². The van der Waals surface area contributed by atoms with E-state index in [0.717, 1.165) is 35.0 Å². The molecule has 28 heavy (non-hydrogen) atoms. The molecule has 1 saturated heterocycles. The van der Waals surface area contributed by atoms with E-state index in [-0.39, 0.29) is 24.9 Å². The van der Waals surface area contributed by atoms with Gasteiger partial charge in [0.2, 0.25) is 0 Å². The number of ketones is 1. The van der Waals surface area contributed by atoms with Gasteiger partial charge >= 0.3 is 0 Å². The maximum atomic E-state index is 12.0. The lowest BCUT2D eigenvalue weighted by Crippen LogP contribution is -2.30. The second-order valence-electron chi connectivity index (χ2n) is 7.80. The molecule has 2 aromatic carbocycles. The highest BCUT2D eigenvalue weighted by Crippen LogP contribution is 2.33. The zero-order valence-corrected chi connectivity index (χ0v) is 16.5. The molecule has 5 heteroatoms. The van der Waals surface area contributed by atoms with Gasteiger partial charge in [-0.05, 0) is 60.1 Å². The minimum Gasteiger partial charge on any atom is -0.493 e. The fraction of sp³-hybridized carbons (Fsp3) is 0.435. The van der Waals surface area contributed by atoms with Crippen molar-refractivity contribution < 1.29 is 19.4 Å². The summed E-state index contributed by atoms with van der Waals surface area (Å²) in [6, 6.07) is 13.9. The number of rotatable bonds is 7. The number of aliphatic hydroxyl groups is 1. The zero-order chi connectivity index (χ0) is 19.5. The summed E-state index contributed by atoms with van der Waals surface area (Å²) in [5, 5.41) is 10.0. The number of aliphatic hydroxyl groups excluding tert-OH is 1. The number of halogens is 1. The SMILES string of the molecule is O=C1C[C@@H](CO)O[C@@H](c2ccc(Cl)c(Cc3ccc(OCC4CC4)cc3)c2)C1. The molecule has 1 N–H and O–H groups in total. The van der Waals surface area contributed by atoms with Crippen LogP contribution in [0.1, 0.15) is 48.5 Å². The highest BCUT2D eigenvalue weighted by molar-refractivity contribution is 6.31. The molecule has 1 aliphatic carbocycles. The van der Waals surface area contributed by atoms with Crippen LogP contribution in [-0.2, 0) is 16.0 Å². The molecule has 2 aliphatic rings. The lowest BCUT2D eigenvalue weighted by Gasteiger charge is -2.28. The van der Waals surface area contributed by atoms with Gasteiger partial charge in [0.05, 0.1) is 25.4 Å². The molecule has 0 spiro atoms. The van der Waals surface area contributed by atoms with E-state index in [1.165, 1.54) is 12.8 Å². The molecule has 1 aliphatic heterocycles. The third kappa shape index (κ3) is 4.93. The number of hydrogen-bond donors (Lipinski definition) is 1. The third-order valence-corrected chi connectivity index (χ3v) is 5.74. The summed E-state index contributed by atoms with van der Waals surface area (Å²) in [4.78, 5) is 12.0. The summed E-state index contributed by atoms with van der Waals surface area (Å²) >= 11 is 6.42. The summed E-state index contributed by atoms with van der Waals surface area (Å²) in [6.07, 6.45) is 3.12. The smallest absolute Gasteiger partial charge is 0.138 e. The Morgan fingerprint density at radius 1 is 1.11 bits per heavy atom. The molecule has 2 atom stereocenters. The molecule has 0 aromatic heterocycles. The van der Waals surface area contributed by atoms with Gasteiger partial charge in [-0.25, -0.2) is 0 Å². The van der Waals surface area contributed by atoms with Crippen molar-refractivity contribution in [2.45, 2.75) is 44.3 Å². The number of Topliss-reactive ketones (excluding diaryl/α,β-unsaturated/α-hetero) is 1. The van der Waals surface area contributed by atoms with Gasteiger partial charge in [0.25, 0.3) is 0 Å². The van der Waals surface area contributed by atoms with Crippen molar-refractivity contribution in [2.75, 3.05) is 13.2 Å². The lowest BCUT2D eigenvalue weighted by atomic mass is 9.95. The second kappa shape index (κ2) is 8.64. The van der Waals surface area contributed by atoms with Crippen LogP contribution in [0.3, 0.4) is 0 Å². The van der Waals surface area contributed by atoms with Crippen molar-refractivity contribution in [3.63, 3.8) is 0 Å². The molecule has 2 aromatic rings. The predicted molar refractivity (Wildman–Crippen MR) is 108 cm³/mol. The Kier molecular flexibility index (Phi) is 6.00. The summed E-state index contributed by atoms with van der Waals surface area (Å²) in [5.74, 6) is 1.76. The van der Waals surface area contributed by atoms with Gasteiger partial charge in [-0.1, -0.05) is 35.9 Å². The Bertz CT molecular complexity index is 829. The standard InChI is InChI=1S/C23H25ClO4/c24-22-8-5-17(23-12-19(26)11-21(13-25)28-23)10-18(22)9-15-3-6-20(7-4-15)27-14-16-1-2-16/h3-8,10,16,21,23,25H,1-2,9,11-14H2/t21-,23+/m0/s1. The van der Waals surface area contributed by atoms with Gasteiger partial charge < -0.3 is 14.6 Å². The van der Waals surface area contributed by atoms with Gasteiger partial charge in [0, 0.05) is 17.9 Å². The van der Waals surface area contributed by atoms with Crippen LogP contribution in [-0.4, -0.2) is 30.2 Å². The van der Waals surface area contributed by atoms with E-state index in [0.29, 0.717) is 17.9 Å². The van der Waals surface area contributed by atoms with Crippen molar-refractivity contribution in [1.82, 2.24) is 0 Å². The van der Waals surface area contributed by atoms with E-state index >= 15 is 0 Å². The Morgan fingerprint density at radius 2 is 1.89 bits per heavy atom. The number of carbonyl (C=O) groups excluding carboxylic acids is 1. The van der Waals surface area contributed by atoms with E-state index in [1.54, 1.807) is 0 Å². The molecule has 0 unspecified atom stereocenters. The number of benzene rings is 2. The fourth-order valence-corrected chi connectivity index (χ4v) is 3.71. The molecule has 4 nitrogen and oxygen atoms in total. The average molecular weight is 401 g/mol. The Hall–Kier alpha value is -1.88. The molecule has 1 saturated carbocycles. The van der Waals surface area contributed by atoms with Crippen LogP contribution in [0.15, 0.2) is 42.5 Å². The first-order chi connectivity index (χ1) is 13.6. The first kappa shape index (κ1) is 19.4. The third-order valence-electron chi connectivity index (χ3n) is 5.37. The van der Waals surface area contributed by atoms with E-state index in [1.807, 2.05) is 30.3 Å². The van der Waals surface area contributed by atoms with Crippen molar-refractivity contribution in [3.05, 3.63) is 64.2 Å². The Balaban J connectivity index is 1.45. The van der Waals surface area contributed by atoms with E-state index in [2.05, 4.69) is 12.1 Å². The van der Waals surface area contributed by atoms with Crippen LogP contribution in [0.4, 0.5) is 0 Å². The topological polar surface area (TPSA) is 55.8 Å². The molecule has 0 radical (unpaired) electrons. The number of carbonyl (C=O) groups is 1. The molecule has 1 heterocycles. The van der Waals surface area contributed by atoms with Gasteiger partial charge in [-0.15, -0.1) is 0 Å². The van der Waals surface area contributed by atoms with Crippen molar-refractivity contribution in [1.29, 1.82) is 0 Å². The Labute approximate surface area is 170 Å². The van der Waals surface area contributed by atoms with Crippen LogP contribution in [0.5, 0.6) is 5.75 Å². The Morgan fingerprint density at radius 3 is 2.61 bits per heavy atom. The van der Waals surface area contributed by atoms with E-state index in [9.17, 15) is 9.90 Å². The largest absolute Gasteiger partial charge is 0.493 e. The van der Waals surface area contributed by atoms with E-state index < -0.39 is 6.10 Å². The molecule has 0 bridgehead atoms. The minimum atomic E-state index is -0.423. The number of hydrogen-bond acceptors (Lipinski definition) is 4. The monoisotopic (exact) mass is 400 g/mol. The van der Waals surface area contributed by atoms with Crippen molar-refractivity contribution in [2.24, 2.45) is 5.92 Å². The number of ether oxygens (including phenoxy) is 2. The molecular formula is C23H25ClO4. The second-order valence-corrected chi connectivity index (χ2v) is 8.21. The first-order valence-corrected chi connectivity index (χ1v) is 10.3. The molecule has 148 valence electrons. The summed E-state index contributed by atoms with van der Waals surface area (Å²) in [5.41, 5.74) is 3.06. The van der Waals surface area contributed by atoms with Crippen LogP contribution >= 0.6 is 11.6 Å². The molecule has 0 amide bonds. The summed E-state index contributed by atoms with van der Waals surface area (Å²) in [7, 11) is 0. The summed E-state index contributed by atoms with van der Waals surface area (Å²) in [6.45, 7) is 0.667. The first-order valence-electron chi connectivity index (χ1n) is 9.89. The molecule has 2 fully saturated rings. The van der Waals surface area contributed by atoms with Crippen molar-refractivity contribution >= 4 is 17.4 Å². The predicted octanol–water partition coefficient (Wildman–Crippen LogP) is 4.50. The van der Waals surface area contributed by atoms with Gasteiger partial charge in [0.1, 0.15) is 11.5 Å². The maximum absolute atomic E-state index is 12.0. The lowest BCUT2D eigenvalue weighted by molar-refractivity contribution is -0.139. The quantitative estimate of drug-likeness (QED) is 0.743. The molecule has 4 rings (SSSR count). The summed E-state index contributed by atoms with van der Waals surface area (Å²) < 4.78 is 11.7. The highest BCUT2D eigenvalue weighted by atomic mass is 35.5. The normalized spacial score (nSPS) is 22.3. The fourth-order valence-electron chi connectivity index (χ4n) is 3.53. The minimum absolute atomic E-state index is 0.119. The van der Waals surface area contributed by atoms with Crippen LogP contribution in [0, 0.1) is 5.92 Å². The highest BCUT2D eigenvalue weighted by Gasteiger charge is 2.29. The van der Waals surface area contributed by atoms with Crippen LogP contribution in [0.25, 0.3) is 0 Å². The van der Waals surface area contributed by atoms with Crippen LogP contribution in [0.2, 0.25) is 5.02 Å².